The summed E-state index contributed by atoms with van der Waals surface area (Å²) in [5, 5.41) is 15.3. The van der Waals surface area contributed by atoms with Gasteiger partial charge >= 0.3 is 0 Å². The third-order valence-corrected chi connectivity index (χ3v) is 6.34. The van der Waals surface area contributed by atoms with Crippen LogP contribution in [0.2, 0.25) is 0 Å². The molecule has 0 aromatic carbocycles. The van der Waals surface area contributed by atoms with Gasteiger partial charge in [-0.15, -0.1) is 0 Å². The second kappa shape index (κ2) is 7.91. The van der Waals surface area contributed by atoms with Crippen LogP contribution in [0.3, 0.4) is 0 Å². The fourth-order valence-electron chi connectivity index (χ4n) is 4.61. The lowest BCUT2D eigenvalue weighted by Crippen LogP contribution is -2.47. The highest BCUT2D eigenvalue weighted by Gasteiger charge is 2.28. The van der Waals surface area contributed by atoms with Crippen molar-refractivity contribution in [1.29, 1.82) is 0 Å². The standard InChI is InChI=1S/C21H30N6O2/c1-2-27-20-7-9-29-13-16(20)19(25-27)12-26-8-3-4-15(11-26)22-21(28)18-10-17(23-24-18)14-5-6-14/h10,14-15H,2-9,11-13H2,1H3,(H,22,28)(H,23,24). The van der Waals surface area contributed by atoms with Crippen molar-refractivity contribution in [2.75, 3.05) is 19.7 Å². The molecule has 2 aromatic heterocycles. The number of nitrogens with one attached hydrogen (secondary N) is 2. The predicted molar refractivity (Wildman–Crippen MR) is 108 cm³/mol. The van der Waals surface area contributed by atoms with Crippen LogP contribution in [-0.4, -0.2) is 56.5 Å². The molecule has 2 fully saturated rings. The van der Waals surface area contributed by atoms with Crippen LogP contribution in [0.15, 0.2) is 6.07 Å². The lowest BCUT2D eigenvalue weighted by atomic mass is 10.0. The van der Waals surface area contributed by atoms with E-state index in [2.05, 4.69) is 32.0 Å². The highest BCUT2D eigenvalue weighted by atomic mass is 16.5. The van der Waals surface area contributed by atoms with Crippen molar-refractivity contribution in [3.63, 3.8) is 0 Å². The molecule has 0 spiro atoms. The first kappa shape index (κ1) is 18.8. The van der Waals surface area contributed by atoms with E-state index in [9.17, 15) is 4.79 Å². The van der Waals surface area contributed by atoms with E-state index in [1.807, 2.05) is 6.07 Å². The van der Waals surface area contributed by atoms with Crippen molar-refractivity contribution in [3.05, 3.63) is 34.4 Å². The number of carbonyl (C=O) groups excluding carboxylic acids is 1. The first-order valence-electron chi connectivity index (χ1n) is 10.9. The zero-order valence-corrected chi connectivity index (χ0v) is 17.1. The van der Waals surface area contributed by atoms with Crippen LogP contribution in [0, 0.1) is 0 Å². The van der Waals surface area contributed by atoms with E-state index in [4.69, 9.17) is 9.84 Å². The molecule has 1 aliphatic carbocycles. The maximum atomic E-state index is 12.6. The molecule has 156 valence electrons. The molecule has 5 rings (SSSR count). The van der Waals surface area contributed by atoms with Gasteiger partial charge in [0.05, 0.1) is 18.9 Å². The smallest absolute Gasteiger partial charge is 0.272 e. The van der Waals surface area contributed by atoms with Crippen LogP contribution in [0.5, 0.6) is 0 Å². The highest BCUT2D eigenvalue weighted by molar-refractivity contribution is 5.92. The fourth-order valence-corrected chi connectivity index (χ4v) is 4.61. The maximum absolute atomic E-state index is 12.6. The Morgan fingerprint density at radius 3 is 3.10 bits per heavy atom. The molecular formula is C21H30N6O2. The number of carbonyl (C=O) groups is 1. The highest BCUT2D eigenvalue weighted by Crippen LogP contribution is 2.39. The number of H-pyrrole nitrogens is 1. The van der Waals surface area contributed by atoms with E-state index >= 15 is 0 Å². The van der Waals surface area contributed by atoms with Crippen molar-refractivity contribution in [2.45, 2.75) is 70.7 Å². The molecule has 4 heterocycles. The van der Waals surface area contributed by atoms with Crippen LogP contribution in [0.25, 0.3) is 0 Å². The number of rotatable bonds is 6. The summed E-state index contributed by atoms with van der Waals surface area (Å²) in [6.07, 6.45) is 5.42. The second-order valence-electron chi connectivity index (χ2n) is 8.52. The van der Waals surface area contributed by atoms with Crippen molar-refractivity contribution in [1.82, 2.24) is 30.2 Å². The van der Waals surface area contributed by atoms with Gasteiger partial charge < -0.3 is 10.1 Å². The Kier molecular flexibility index (Phi) is 5.13. The summed E-state index contributed by atoms with van der Waals surface area (Å²) < 4.78 is 7.82. The maximum Gasteiger partial charge on any atom is 0.272 e. The summed E-state index contributed by atoms with van der Waals surface area (Å²) in [6.45, 7) is 7.19. The zero-order valence-electron chi connectivity index (χ0n) is 17.1. The summed E-state index contributed by atoms with van der Waals surface area (Å²) >= 11 is 0. The van der Waals surface area contributed by atoms with E-state index < -0.39 is 0 Å². The number of hydrogen-bond acceptors (Lipinski definition) is 5. The summed E-state index contributed by atoms with van der Waals surface area (Å²) in [5.74, 6) is 0.507. The van der Waals surface area contributed by atoms with E-state index in [0.717, 1.165) is 63.4 Å². The monoisotopic (exact) mass is 398 g/mol. The Hall–Kier alpha value is -2.19. The Morgan fingerprint density at radius 1 is 1.38 bits per heavy atom. The molecule has 1 amide bonds. The Labute approximate surface area is 171 Å². The van der Waals surface area contributed by atoms with Gasteiger partial charge in [-0.3, -0.25) is 19.5 Å². The predicted octanol–water partition coefficient (Wildman–Crippen LogP) is 1.97. The number of nitrogens with zero attached hydrogens (tertiary/aromatic N) is 4. The van der Waals surface area contributed by atoms with Crippen LogP contribution in [0.4, 0.5) is 0 Å². The first-order valence-corrected chi connectivity index (χ1v) is 10.9. The molecule has 0 radical (unpaired) electrons. The third-order valence-electron chi connectivity index (χ3n) is 6.34. The molecule has 3 aliphatic rings. The number of ether oxygens (including phenoxy) is 1. The van der Waals surface area contributed by atoms with Crippen LogP contribution in [-0.2, 0) is 30.9 Å². The number of hydrogen-bond donors (Lipinski definition) is 2. The van der Waals surface area contributed by atoms with Crippen LogP contribution in [0.1, 0.15) is 71.7 Å². The minimum absolute atomic E-state index is 0.0685. The lowest BCUT2D eigenvalue weighted by molar-refractivity contribution is 0.0893. The number of aromatic nitrogens is 4. The van der Waals surface area contributed by atoms with Gasteiger partial charge in [-0.2, -0.15) is 10.2 Å². The van der Waals surface area contributed by atoms with E-state index in [1.165, 1.54) is 24.1 Å². The fraction of sp³-hybridized carbons (Fsp3) is 0.667. The number of piperidine rings is 1. The van der Waals surface area contributed by atoms with Gasteiger partial charge in [-0.05, 0) is 45.2 Å². The normalized spacial score (nSPS) is 22.4. The summed E-state index contributed by atoms with van der Waals surface area (Å²) in [5.41, 5.74) is 5.35. The van der Waals surface area contributed by atoms with Gasteiger partial charge in [0.15, 0.2) is 0 Å². The van der Waals surface area contributed by atoms with Gasteiger partial charge in [-0.25, -0.2) is 0 Å². The van der Waals surface area contributed by atoms with Crippen LogP contribution < -0.4 is 5.32 Å². The molecule has 2 aliphatic heterocycles. The van der Waals surface area contributed by atoms with Crippen molar-refractivity contribution < 1.29 is 9.53 Å². The molecule has 1 saturated carbocycles. The lowest BCUT2D eigenvalue weighted by Gasteiger charge is -2.32. The zero-order chi connectivity index (χ0) is 19.8. The SMILES string of the molecule is CCn1nc(CN2CCCC(NC(=O)c3cc(C4CC4)[nH]n3)C2)c2c1CCOC2. The van der Waals surface area contributed by atoms with E-state index in [1.54, 1.807) is 0 Å². The summed E-state index contributed by atoms with van der Waals surface area (Å²) in [7, 11) is 0. The van der Waals surface area contributed by atoms with Gasteiger partial charge in [0.2, 0.25) is 0 Å². The largest absolute Gasteiger partial charge is 0.376 e. The average Bonchev–Trinajstić information content (AvgIpc) is 3.36. The Balaban J connectivity index is 1.21. The van der Waals surface area contributed by atoms with Crippen molar-refractivity contribution >= 4 is 5.91 Å². The van der Waals surface area contributed by atoms with Crippen LogP contribution >= 0.6 is 0 Å². The van der Waals surface area contributed by atoms with Gasteiger partial charge in [0.25, 0.3) is 5.91 Å². The summed E-state index contributed by atoms with van der Waals surface area (Å²) in [6, 6.07) is 2.06. The number of aryl methyl sites for hydroxylation is 1. The number of likely N-dealkylation sites (tertiary alicyclic amines) is 1. The topological polar surface area (TPSA) is 88.1 Å². The van der Waals surface area contributed by atoms with Gasteiger partial charge in [0.1, 0.15) is 5.69 Å². The molecule has 1 unspecified atom stereocenters. The van der Waals surface area contributed by atoms with Gasteiger partial charge in [0, 0.05) is 55.0 Å². The van der Waals surface area contributed by atoms with E-state index in [0.29, 0.717) is 18.2 Å². The number of amides is 1. The molecule has 1 atom stereocenters. The molecular weight excluding hydrogens is 368 g/mol. The molecule has 2 N–H and O–H groups in total. The Morgan fingerprint density at radius 2 is 2.28 bits per heavy atom. The van der Waals surface area contributed by atoms with Gasteiger partial charge in [-0.1, -0.05) is 0 Å². The molecule has 2 aromatic rings. The minimum Gasteiger partial charge on any atom is -0.376 e. The molecule has 29 heavy (non-hydrogen) atoms. The number of aromatic amines is 1. The quantitative estimate of drug-likeness (QED) is 0.777. The van der Waals surface area contributed by atoms with Crippen molar-refractivity contribution in [2.24, 2.45) is 0 Å². The molecule has 8 nitrogen and oxygen atoms in total. The van der Waals surface area contributed by atoms with E-state index in [-0.39, 0.29) is 11.9 Å². The number of fused-ring (bicyclic) bond motifs is 1. The molecule has 0 bridgehead atoms. The summed E-state index contributed by atoms with van der Waals surface area (Å²) in [4.78, 5) is 15.0. The minimum atomic E-state index is -0.0685. The average molecular weight is 399 g/mol. The third kappa shape index (κ3) is 3.96. The molecule has 8 heteroatoms. The molecule has 1 saturated heterocycles. The Bertz CT molecular complexity index is 884. The second-order valence-corrected chi connectivity index (χ2v) is 8.52. The first-order chi connectivity index (χ1) is 14.2. The van der Waals surface area contributed by atoms with Crippen molar-refractivity contribution in [3.8, 4) is 0 Å².